The van der Waals surface area contributed by atoms with Crippen molar-refractivity contribution in [2.45, 2.75) is 26.2 Å². The lowest BCUT2D eigenvalue weighted by Gasteiger charge is -2.12. The highest BCUT2D eigenvalue weighted by Crippen LogP contribution is 2.20. The second-order valence-electron chi connectivity index (χ2n) is 4.27. The van der Waals surface area contributed by atoms with Crippen LogP contribution in [-0.4, -0.2) is 18.9 Å². The molecule has 0 fully saturated rings. The highest BCUT2D eigenvalue weighted by Gasteiger charge is 2.11. The number of rotatable bonds is 3. The van der Waals surface area contributed by atoms with Crippen molar-refractivity contribution in [3.05, 3.63) is 35.4 Å². The number of aryl methyl sites for hydroxylation is 1. The van der Waals surface area contributed by atoms with Gasteiger partial charge in [0, 0.05) is 13.0 Å². The Morgan fingerprint density at radius 2 is 2.07 bits per heavy atom. The SMILES string of the molecule is Cc1ccc(C(C)CC2=NCCN2)cc1. The third kappa shape index (κ3) is 2.58. The van der Waals surface area contributed by atoms with E-state index in [0.29, 0.717) is 5.92 Å². The highest BCUT2D eigenvalue weighted by atomic mass is 15.1. The maximum absolute atomic E-state index is 4.42. The van der Waals surface area contributed by atoms with Gasteiger partial charge in [0.05, 0.1) is 12.4 Å². The lowest BCUT2D eigenvalue weighted by atomic mass is 9.96. The van der Waals surface area contributed by atoms with E-state index < -0.39 is 0 Å². The van der Waals surface area contributed by atoms with Crippen LogP contribution in [0.2, 0.25) is 0 Å². The summed E-state index contributed by atoms with van der Waals surface area (Å²) in [6.07, 6.45) is 1.03. The molecule has 0 radical (unpaired) electrons. The van der Waals surface area contributed by atoms with Gasteiger partial charge in [0.25, 0.3) is 0 Å². The molecule has 0 amide bonds. The maximum atomic E-state index is 4.42. The van der Waals surface area contributed by atoms with Crippen LogP contribution in [0.3, 0.4) is 0 Å². The van der Waals surface area contributed by atoms with Gasteiger partial charge >= 0.3 is 0 Å². The molecular weight excluding hydrogens is 184 g/mol. The third-order valence-electron chi connectivity index (χ3n) is 2.89. The van der Waals surface area contributed by atoms with Crippen LogP contribution >= 0.6 is 0 Å². The molecule has 15 heavy (non-hydrogen) atoms. The molecule has 0 spiro atoms. The molecule has 0 saturated heterocycles. The number of nitrogens with one attached hydrogen (secondary N) is 1. The number of nitrogens with zero attached hydrogens (tertiary/aromatic N) is 1. The van der Waals surface area contributed by atoms with E-state index in [4.69, 9.17) is 0 Å². The lowest BCUT2D eigenvalue weighted by Crippen LogP contribution is -2.20. The van der Waals surface area contributed by atoms with Gasteiger partial charge in [-0.3, -0.25) is 4.99 Å². The number of hydrogen-bond acceptors (Lipinski definition) is 2. The van der Waals surface area contributed by atoms with Gasteiger partial charge in [0.2, 0.25) is 0 Å². The Bertz CT molecular complexity index is 351. The van der Waals surface area contributed by atoms with E-state index in [-0.39, 0.29) is 0 Å². The summed E-state index contributed by atoms with van der Waals surface area (Å²) in [7, 11) is 0. The van der Waals surface area contributed by atoms with Gasteiger partial charge in [0.1, 0.15) is 0 Å². The normalized spacial score (nSPS) is 17.1. The second kappa shape index (κ2) is 4.47. The summed E-state index contributed by atoms with van der Waals surface area (Å²) in [5.41, 5.74) is 2.72. The zero-order valence-electron chi connectivity index (χ0n) is 9.46. The first-order chi connectivity index (χ1) is 7.25. The van der Waals surface area contributed by atoms with Crippen LogP contribution in [0.5, 0.6) is 0 Å². The van der Waals surface area contributed by atoms with Crippen LogP contribution in [0.25, 0.3) is 0 Å². The fourth-order valence-corrected chi connectivity index (χ4v) is 1.89. The van der Waals surface area contributed by atoms with E-state index in [1.807, 2.05) is 0 Å². The van der Waals surface area contributed by atoms with Crippen molar-refractivity contribution in [2.75, 3.05) is 13.1 Å². The van der Waals surface area contributed by atoms with Gasteiger partial charge in [-0.25, -0.2) is 0 Å². The Labute approximate surface area is 91.4 Å². The topological polar surface area (TPSA) is 24.4 Å². The zero-order valence-corrected chi connectivity index (χ0v) is 9.46. The van der Waals surface area contributed by atoms with Crippen molar-refractivity contribution in [1.29, 1.82) is 0 Å². The van der Waals surface area contributed by atoms with Gasteiger partial charge in [-0.05, 0) is 18.4 Å². The number of aliphatic imine (C=N–C) groups is 1. The van der Waals surface area contributed by atoms with Crippen LogP contribution in [-0.2, 0) is 0 Å². The van der Waals surface area contributed by atoms with Gasteiger partial charge in [-0.15, -0.1) is 0 Å². The summed E-state index contributed by atoms with van der Waals surface area (Å²) in [6, 6.07) is 8.79. The first-order valence-electron chi connectivity index (χ1n) is 5.59. The smallest absolute Gasteiger partial charge is 0.0970 e. The molecule has 0 saturated carbocycles. The van der Waals surface area contributed by atoms with Gasteiger partial charge < -0.3 is 5.32 Å². The van der Waals surface area contributed by atoms with Gasteiger partial charge in [0.15, 0.2) is 0 Å². The summed E-state index contributed by atoms with van der Waals surface area (Å²) >= 11 is 0. The molecule has 2 rings (SSSR count). The van der Waals surface area contributed by atoms with E-state index in [1.54, 1.807) is 0 Å². The van der Waals surface area contributed by atoms with Gasteiger partial charge in [-0.2, -0.15) is 0 Å². The predicted molar refractivity (Wildman–Crippen MR) is 64.5 cm³/mol. The summed E-state index contributed by atoms with van der Waals surface area (Å²) in [5, 5.41) is 3.32. The summed E-state index contributed by atoms with van der Waals surface area (Å²) in [4.78, 5) is 4.42. The molecule has 2 heteroatoms. The van der Waals surface area contributed by atoms with Crippen molar-refractivity contribution in [2.24, 2.45) is 4.99 Å². The van der Waals surface area contributed by atoms with Crippen LogP contribution in [0, 0.1) is 6.92 Å². The Morgan fingerprint density at radius 3 is 2.67 bits per heavy atom. The molecule has 0 bridgehead atoms. The Morgan fingerprint density at radius 1 is 1.33 bits per heavy atom. The molecule has 0 aliphatic carbocycles. The van der Waals surface area contributed by atoms with Crippen LogP contribution in [0.15, 0.2) is 29.3 Å². The van der Waals surface area contributed by atoms with Crippen molar-refractivity contribution in [3.8, 4) is 0 Å². The molecule has 1 aliphatic heterocycles. The second-order valence-corrected chi connectivity index (χ2v) is 4.27. The average molecular weight is 202 g/mol. The van der Waals surface area contributed by atoms with Crippen molar-refractivity contribution < 1.29 is 0 Å². The number of benzene rings is 1. The average Bonchev–Trinajstić information content (AvgIpc) is 2.71. The molecule has 1 heterocycles. The highest BCUT2D eigenvalue weighted by molar-refractivity contribution is 5.84. The fourth-order valence-electron chi connectivity index (χ4n) is 1.89. The monoisotopic (exact) mass is 202 g/mol. The molecule has 0 aromatic heterocycles. The van der Waals surface area contributed by atoms with E-state index in [2.05, 4.69) is 48.4 Å². The fraction of sp³-hybridized carbons (Fsp3) is 0.462. The number of amidine groups is 1. The van der Waals surface area contributed by atoms with Gasteiger partial charge in [-0.1, -0.05) is 36.8 Å². The largest absolute Gasteiger partial charge is 0.372 e. The Balaban J connectivity index is 2.00. The summed E-state index contributed by atoms with van der Waals surface area (Å²) < 4.78 is 0. The Hall–Kier alpha value is -1.31. The molecule has 1 aromatic rings. The third-order valence-corrected chi connectivity index (χ3v) is 2.89. The van der Waals surface area contributed by atoms with Crippen LogP contribution in [0.4, 0.5) is 0 Å². The molecule has 1 aromatic carbocycles. The quantitative estimate of drug-likeness (QED) is 0.800. The Kier molecular flexibility index (Phi) is 3.05. The van der Waals surface area contributed by atoms with Crippen molar-refractivity contribution in [3.63, 3.8) is 0 Å². The standard InChI is InChI=1S/C13H18N2/c1-10-3-5-12(6-4-10)11(2)9-13-14-7-8-15-13/h3-6,11H,7-9H2,1-2H3,(H,14,15). The minimum Gasteiger partial charge on any atom is -0.372 e. The van der Waals surface area contributed by atoms with Crippen molar-refractivity contribution >= 4 is 5.84 Å². The summed E-state index contributed by atoms with van der Waals surface area (Å²) in [6.45, 7) is 6.33. The predicted octanol–water partition coefficient (Wildman–Crippen LogP) is 2.49. The minimum atomic E-state index is 0.551. The number of hydrogen-bond donors (Lipinski definition) is 1. The molecule has 1 aliphatic rings. The first-order valence-corrected chi connectivity index (χ1v) is 5.59. The minimum absolute atomic E-state index is 0.551. The first kappa shape index (κ1) is 10.2. The van der Waals surface area contributed by atoms with E-state index in [1.165, 1.54) is 17.0 Å². The zero-order chi connectivity index (χ0) is 10.7. The molecule has 1 N–H and O–H groups in total. The van der Waals surface area contributed by atoms with Crippen LogP contribution < -0.4 is 5.32 Å². The molecule has 2 nitrogen and oxygen atoms in total. The van der Waals surface area contributed by atoms with Crippen molar-refractivity contribution in [1.82, 2.24) is 5.32 Å². The molecule has 1 atom stereocenters. The van der Waals surface area contributed by atoms with E-state index >= 15 is 0 Å². The summed E-state index contributed by atoms with van der Waals surface area (Å²) in [5.74, 6) is 1.72. The molecular formula is C13H18N2. The van der Waals surface area contributed by atoms with Crippen LogP contribution in [0.1, 0.15) is 30.4 Å². The van der Waals surface area contributed by atoms with E-state index in [9.17, 15) is 0 Å². The lowest BCUT2D eigenvalue weighted by molar-refractivity contribution is 0.788. The maximum Gasteiger partial charge on any atom is 0.0970 e. The molecule has 1 unspecified atom stereocenters. The van der Waals surface area contributed by atoms with E-state index in [0.717, 1.165) is 19.5 Å². The molecule has 80 valence electrons.